The van der Waals surface area contributed by atoms with Crippen molar-refractivity contribution in [2.45, 2.75) is 6.42 Å². The zero-order valence-corrected chi connectivity index (χ0v) is 16.0. The van der Waals surface area contributed by atoms with Crippen molar-refractivity contribution in [1.29, 1.82) is 0 Å². The van der Waals surface area contributed by atoms with E-state index in [0.29, 0.717) is 18.0 Å². The topological polar surface area (TPSA) is 88.2 Å². The maximum absolute atomic E-state index is 12.5. The molecule has 0 radical (unpaired) electrons. The molecule has 2 aliphatic heterocycles. The van der Waals surface area contributed by atoms with E-state index in [1.165, 1.54) is 0 Å². The van der Waals surface area contributed by atoms with Crippen molar-refractivity contribution in [2.24, 2.45) is 0 Å². The smallest absolute Gasteiger partial charge is 0.294 e. The van der Waals surface area contributed by atoms with Gasteiger partial charge in [0.2, 0.25) is 12.7 Å². The van der Waals surface area contributed by atoms with Crippen LogP contribution >= 0.6 is 11.8 Å². The predicted octanol–water partition coefficient (Wildman–Crippen LogP) is 1.52. The minimum absolute atomic E-state index is 0.166. The Morgan fingerprint density at radius 2 is 2.07 bits per heavy atom. The third-order valence-corrected chi connectivity index (χ3v) is 4.88. The molecule has 144 valence electrons. The number of nitrogens with one attached hydrogen (secondary N) is 1. The lowest BCUT2D eigenvalue weighted by Crippen LogP contribution is -2.40. The summed E-state index contributed by atoms with van der Waals surface area (Å²) in [6.07, 6.45) is 2.41. The summed E-state index contributed by atoms with van der Waals surface area (Å²) in [5.74, 6) is 0.428. The van der Waals surface area contributed by atoms with Crippen LogP contribution in [-0.4, -0.2) is 67.4 Å². The molecule has 0 spiro atoms. The quantitative estimate of drug-likeness (QED) is 0.557. The number of hydrogen-bond acceptors (Lipinski definition) is 7. The molecule has 0 aromatic heterocycles. The van der Waals surface area contributed by atoms with Crippen LogP contribution in [0.25, 0.3) is 6.08 Å². The van der Waals surface area contributed by atoms with Crippen LogP contribution in [0.15, 0.2) is 23.1 Å². The summed E-state index contributed by atoms with van der Waals surface area (Å²) in [5.41, 5.74) is 0.720. The van der Waals surface area contributed by atoms with Crippen LogP contribution in [0.5, 0.6) is 11.5 Å². The molecule has 2 heterocycles. The molecular weight excluding hydrogens is 370 g/mol. The van der Waals surface area contributed by atoms with E-state index in [0.717, 1.165) is 35.2 Å². The van der Waals surface area contributed by atoms with Gasteiger partial charge >= 0.3 is 0 Å². The van der Waals surface area contributed by atoms with E-state index in [1.807, 2.05) is 19.0 Å². The third kappa shape index (κ3) is 4.81. The van der Waals surface area contributed by atoms with Gasteiger partial charge in [0.15, 0.2) is 11.5 Å². The first-order valence-corrected chi connectivity index (χ1v) is 9.32. The number of ether oxygens (including phenoxy) is 2. The maximum Gasteiger partial charge on any atom is 0.294 e. The Labute approximate surface area is 161 Å². The number of fused-ring (bicyclic) bond motifs is 1. The van der Waals surface area contributed by atoms with E-state index in [9.17, 15) is 14.4 Å². The lowest BCUT2D eigenvalue weighted by atomic mass is 10.2. The highest BCUT2D eigenvalue weighted by atomic mass is 32.2. The monoisotopic (exact) mass is 391 g/mol. The molecule has 0 atom stereocenters. The highest BCUT2D eigenvalue weighted by Crippen LogP contribution is 2.36. The van der Waals surface area contributed by atoms with Gasteiger partial charge in [0, 0.05) is 6.54 Å². The van der Waals surface area contributed by atoms with E-state index < -0.39 is 11.1 Å². The second-order valence-corrected chi connectivity index (χ2v) is 7.38. The molecular formula is C18H21N3O5S. The van der Waals surface area contributed by atoms with Crippen molar-refractivity contribution in [3.05, 3.63) is 28.7 Å². The average Bonchev–Trinajstić information content (AvgIpc) is 3.18. The van der Waals surface area contributed by atoms with Gasteiger partial charge in [-0.25, -0.2) is 0 Å². The molecule has 1 saturated heterocycles. The first-order valence-electron chi connectivity index (χ1n) is 8.50. The van der Waals surface area contributed by atoms with E-state index in [1.54, 1.807) is 24.3 Å². The van der Waals surface area contributed by atoms with Gasteiger partial charge < -0.3 is 19.7 Å². The number of carbonyl (C=O) groups is 3. The van der Waals surface area contributed by atoms with Crippen LogP contribution in [0.1, 0.15) is 12.0 Å². The molecule has 1 N–H and O–H groups in total. The number of nitrogens with zero attached hydrogens (tertiary/aromatic N) is 2. The molecule has 27 heavy (non-hydrogen) atoms. The molecule has 0 unspecified atom stereocenters. The van der Waals surface area contributed by atoms with Gasteiger partial charge in [-0.15, -0.1) is 0 Å². The molecule has 1 aromatic rings. The van der Waals surface area contributed by atoms with Crippen molar-refractivity contribution in [3.63, 3.8) is 0 Å². The number of imide groups is 1. The van der Waals surface area contributed by atoms with E-state index in [2.05, 4.69) is 5.32 Å². The number of rotatable bonds is 7. The van der Waals surface area contributed by atoms with Gasteiger partial charge in [0.25, 0.3) is 11.1 Å². The summed E-state index contributed by atoms with van der Waals surface area (Å²) in [5, 5.41) is 2.28. The van der Waals surface area contributed by atoms with Crippen LogP contribution in [-0.2, 0) is 9.59 Å². The Bertz CT molecular complexity index is 793. The Balaban J connectivity index is 1.59. The average molecular weight is 391 g/mol. The molecule has 1 fully saturated rings. The first-order chi connectivity index (χ1) is 12.9. The Hall–Kier alpha value is -2.52. The van der Waals surface area contributed by atoms with Crippen molar-refractivity contribution in [3.8, 4) is 11.5 Å². The summed E-state index contributed by atoms with van der Waals surface area (Å²) in [4.78, 5) is 39.9. The number of thioether (sulfide) groups is 1. The van der Waals surface area contributed by atoms with Crippen LogP contribution in [0.2, 0.25) is 0 Å². The van der Waals surface area contributed by atoms with Gasteiger partial charge in [0.1, 0.15) is 6.54 Å². The largest absolute Gasteiger partial charge is 0.454 e. The fraction of sp³-hybridized carbons (Fsp3) is 0.389. The fourth-order valence-corrected chi connectivity index (χ4v) is 3.45. The van der Waals surface area contributed by atoms with Gasteiger partial charge in [0.05, 0.1) is 4.91 Å². The van der Waals surface area contributed by atoms with E-state index in [-0.39, 0.29) is 24.2 Å². The molecule has 0 aliphatic carbocycles. The predicted molar refractivity (Wildman–Crippen MR) is 101 cm³/mol. The number of hydrogen-bond donors (Lipinski definition) is 1. The fourth-order valence-electron chi connectivity index (χ4n) is 2.61. The van der Waals surface area contributed by atoms with Crippen LogP contribution in [0.4, 0.5) is 4.79 Å². The summed E-state index contributed by atoms with van der Waals surface area (Å²) in [6, 6.07) is 5.27. The van der Waals surface area contributed by atoms with Gasteiger partial charge in [-0.3, -0.25) is 19.3 Å². The van der Waals surface area contributed by atoms with Crippen LogP contribution in [0, 0.1) is 0 Å². The minimum Gasteiger partial charge on any atom is -0.454 e. The first kappa shape index (κ1) is 19.2. The normalized spacial score (nSPS) is 17.3. The van der Waals surface area contributed by atoms with Crippen molar-refractivity contribution >= 4 is 34.9 Å². The molecule has 0 bridgehead atoms. The van der Waals surface area contributed by atoms with Gasteiger partial charge in [-0.2, -0.15) is 0 Å². The number of carbonyl (C=O) groups excluding carboxylic acids is 3. The molecule has 1 aromatic carbocycles. The molecule has 8 nitrogen and oxygen atoms in total. The van der Waals surface area contributed by atoms with Gasteiger partial charge in [-0.1, -0.05) is 6.07 Å². The second-order valence-electron chi connectivity index (χ2n) is 6.39. The minimum atomic E-state index is -0.467. The molecule has 0 saturated carbocycles. The zero-order valence-electron chi connectivity index (χ0n) is 15.2. The van der Waals surface area contributed by atoms with Crippen molar-refractivity contribution < 1.29 is 23.9 Å². The van der Waals surface area contributed by atoms with Crippen molar-refractivity contribution in [1.82, 2.24) is 15.1 Å². The van der Waals surface area contributed by atoms with E-state index in [4.69, 9.17) is 9.47 Å². The SMILES string of the molecule is CN(C)CCCNC(=O)CN1C(=O)SC(=Cc2ccc3c(c2)OCO3)C1=O. The summed E-state index contributed by atoms with van der Waals surface area (Å²) in [6.45, 7) is 1.24. The Morgan fingerprint density at radius 1 is 1.30 bits per heavy atom. The Kier molecular flexibility index (Phi) is 6.02. The lowest BCUT2D eigenvalue weighted by Gasteiger charge is -2.13. The second kappa shape index (κ2) is 8.45. The summed E-state index contributed by atoms with van der Waals surface area (Å²) in [7, 11) is 3.91. The third-order valence-electron chi connectivity index (χ3n) is 3.97. The summed E-state index contributed by atoms with van der Waals surface area (Å²) < 4.78 is 10.6. The number of benzene rings is 1. The lowest BCUT2D eigenvalue weighted by molar-refractivity contribution is -0.129. The Morgan fingerprint density at radius 3 is 2.85 bits per heavy atom. The molecule has 2 aliphatic rings. The molecule has 9 heteroatoms. The maximum atomic E-state index is 12.5. The van der Waals surface area contributed by atoms with E-state index >= 15 is 0 Å². The number of amides is 3. The zero-order chi connectivity index (χ0) is 19.4. The standard InChI is InChI=1S/C18H21N3O5S/c1-20(2)7-3-6-19-16(22)10-21-17(23)15(27-18(21)24)9-12-4-5-13-14(8-12)26-11-25-13/h4-5,8-9H,3,6-7,10-11H2,1-2H3,(H,19,22). The highest BCUT2D eigenvalue weighted by molar-refractivity contribution is 8.18. The summed E-state index contributed by atoms with van der Waals surface area (Å²) >= 11 is 0.824. The van der Waals surface area contributed by atoms with Crippen molar-refractivity contribution in [2.75, 3.05) is 40.5 Å². The van der Waals surface area contributed by atoms with Gasteiger partial charge in [-0.05, 0) is 62.6 Å². The molecule has 3 amide bonds. The highest BCUT2D eigenvalue weighted by Gasteiger charge is 2.36. The van der Waals surface area contributed by atoms with Crippen LogP contribution < -0.4 is 14.8 Å². The van der Waals surface area contributed by atoms with Crippen LogP contribution in [0.3, 0.4) is 0 Å². The molecule has 3 rings (SSSR count).